The van der Waals surface area contributed by atoms with Gasteiger partial charge in [-0.15, -0.1) is 0 Å². The molecule has 1 aromatic carbocycles. The number of nitrogens with zero attached hydrogens (tertiary/aromatic N) is 1. The van der Waals surface area contributed by atoms with E-state index in [-0.39, 0.29) is 16.3 Å². The van der Waals surface area contributed by atoms with E-state index < -0.39 is 15.9 Å². The van der Waals surface area contributed by atoms with Crippen molar-refractivity contribution in [2.45, 2.75) is 11.8 Å². The van der Waals surface area contributed by atoms with Crippen LogP contribution in [-0.2, 0) is 10.0 Å². The third-order valence-corrected chi connectivity index (χ3v) is 3.37. The van der Waals surface area contributed by atoms with Gasteiger partial charge in [-0.25, -0.2) is 13.6 Å². The summed E-state index contributed by atoms with van der Waals surface area (Å²) in [5.41, 5.74) is 0.636. The van der Waals surface area contributed by atoms with Gasteiger partial charge in [0, 0.05) is 5.56 Å². The third-order valence-electron chi connectivity index (χ3n) is 2.40. The number of nitrogens with two attached hydrogens (primary N) is 1. The average molecular weight is 281 g/mol. The van der Waals surface area contributed by atoms with Crippen molar-refractivity contribution >= 4 is 21.6 Å². The highest BCUT2D eigenvalue weighted by molar-refractivity contribution is 7.89. The Kier molecular flexibility index (Phi) is 3.36. The second kappa shape index (κ2) is 4.82. The van der Waals surface area contributed by atoms with E-state index in [0.717, 1.165) is 0 Å². The molecule has 3 N–H and O–H groups in total. The smallest absolute Gasteiger partial charge is 0.294 e. The van der Waals surface area contributed by atoms with E-state index in [1.165, 1.54) is 24.4 Å². The normalized spacial score (nSPS) is 11.3. The van der Waals surface area contributed by atoms with Gasteiger partial charge >= 0.3 is 0 Å². The number of amides is 1. The zero-order valence-electron chi connectivity index (χ0n) is 9.95. The number of para-hydroxylation sites is 1. The second-order valence-electron chi connectivity index (χ2n) is 3.83. The molecule has 2 aromatic rings. The molecule has 1 aromatic heterocycles. The molecule has 1 heterocycles. The molecule has 7 nitrogen and oxygen atoms in total. The first-order valence-corrected chi connectivity index (χ1v) is 6.78. The van der Waals surface area contributed by atoms with E-state index in [1.807, 2.05) is 0 Å². The molecule has 19 heavy (non-hydrogen) atoms. The molecule has 0 bridgehead atoms. The van der Waals surface area contributed by atoms with Gasteiger partial charge < -0.3 is 9.84 Å². The number of carbonyl (C=O) groups is 1. The van der Waals surface area contributed by atoms with Crippen molar-refractivity contribution in [3.63, 3.8) is 0 Å². The van der Waals surface area contributed by atoms with E-state index in [2.05, 4.69) is 10.5 Å². The Labute approximate surface area is 109 Å². The Morgan fingerprint density at radius 1 is 1.37 bits per heavy atom. The molecule has 0 unspecified atom stereocenters. The first-order valence-electron chi connectivity index (χ1n) is 5.24. The lowest BCUT2D eigenvalue weighted by atomic mass is 10.2. The molecule has 0 radical (unpaired) electrons. The van der Waals surface area contributed by atoms with Crippen LogP contribution < -0.4 is 10.5 Å². The van der Waals surface area contributed by atoms with Gasteiger partial charge in [0.2, 0.25) is 15.8 Å². The van der Waals surface area contributed by atoms with Crippen molar-refractivity contribution in [2.75, 3.05) is 5.32 Å². The molecule has 0 spiro atoms. The van der Waals surface area contributed by atoms with Crippen LogP contribution >= 0.6 is 0 Å². The first-order chi connectivity index (χ1) is 8.89. The summed E-state index contributed by atoms with van der Waals surface area (Å²) in [6, 6.07) is 5.83. The van der Waals surface area contributed by atoms with E-state index in [9.17, 15) is 13.2 Å². The quantitative estimate of drug-likeness (QED) is 0.866. The number of nitrogens with one attached hydrogen (secondary N) is 1. The van der Waals surface area contributed by atoms with Gasteiger partial charge in [0.05, 0.1) is 11.9 Å². The number of primary sulfonamides is 1. The van der Waals surface area contributed by atoms with Gasteiger partial charge in [-0.2, -0.15) is 0 Å². The topological polar surface area (TPSA) is 115 Å². The summed E-state index contributed by atoms with van der Waals surface area (Å²) < 4.78 is 27.5. The minimum Gasteiger partial charge on any atom is -0.351 e. The number of benzene rings is 1. The largest absolute Gasteiger partial charge is 0.351 e. The van der Waals surface area contributed by atoms with E-state index in [0.29, 0.717) is 5.56 Å². The summed E-state index contributed by atoms with van der Waals surface area (Å²) >= 11 is 0. The van der Waals surface area contributed by atoms with Crippen LogP contribution in [0.1, 0.15) is 16.1 Å². The van der Waals surface area contributed by atoms with E-state index >= 15 is 0 Å². The van der Waals surface area contributed by atoms with Crippen LogP contribution in [0.5, 0.6) is 0 Å². The molecule has 8 heteroatoms. The number of hydrogen-bond acceptors (Lipinski definition) is 5. The number of aromatic nitrogens is 1. The Bertz CT molecular complexity index is 721. The van der Waals surface area contributed by atoms with Crippen molar-refractivity contribution in [1.82, 2.24) is 5.16 Å². The Balaban J connectivity index is 2.35. The molecule has 0 aliphatic heterocycles. The number of sulfonamides is 1. The summed E-state index contributed by atoms with van der Waals surface area (Å²) in [5, 5.41) is 11.0. The molecular formula is C11H11N3O4S. The second-order valence-corrected chi connectivity index (χ2v) is 5.36. The summed E-state index contributed by atoms with van der Waals surface area (Å²) in [4.78, 5) is 11.7. The minimum atomic E-state index is -3.92. The maximum atomic E-state index is 11.9. The molecule has 0 saturated carbocycles. The van der Waals surface area contributed by atoms with Crippen LogP contribution in [0.4, 0.5) is 5.69 Å². The zero-order chi connectivity index (χ0) is 14.0. The van der Waals surface area contributed by atoms with Gasteiger partial charge in [0.25, 0.3) is 5.91 Å². The van der Waals surface area contributed by atoms with Crippen LogP contribution in [0, 0.1) is 6.92 Å². The lowest BCUT2D eigenvalue weighted by molar-refractivity contribution is 0.0987. The number of carbonyl (C=O) groups excluding carboxylic acids is 1. The number of hydrogen-bond donors (Lipinski definition) is 2. The lowest BCUT2D eigenvalue weighted by Gasteiger charge is -2.08. The number of aryl methyl sites for hydroxylation is 1. The maximum Gasteiger partial charge on any atom is 0.294 e. The Hall–Kier alpha value is -2.19. The Morgan fingerprint density at radius 3 is 2.63 bits per heavy atom. The van der Waals surface area contributed by atoms with Crippen molar-refractivity contribution in [3.8, 4) is 0 Å². The molecular weight excluding hydrogens is 270 g/mol. The predicted octanol–water partition coefficient (Wildman–Crippen LogP) is 0.883. The highest BCUT2D eigenvalue weighted by Gasteiger charge is 2.19. The van der Waals surface area contributed by atoms with Crippen molar-refractivity contribution in [3.05, 3.63) is 41.8 Å². The molecule has 0 saturated heterocycles. The van der Waals surface area contributed by atoms with Gasteiger partial charge in [-0.1, -0.05) is 17.3 Å². The summed E-state index contributed by atoms with van der Waals surface area (Å²) in [6.45, 7) is 1.65. The maximum absolute atomic E-state index is 11.9. The SMILES string of the molecule is Cc1cnoc1C(=O)Nc1ccccc1S(N)(=O)=O. The van der Waals surface area contributed by atoms with Crippen LogP contribution in [0.2, 0.25) is 0 Å². The average Bonchev–Trinajstić information content (AvgIpc) is 2.75. The first kappa shape index (κ1) is 13.2. The molecule has 100 valence electrons. The molecule has 2 rings (SSSR count). The summed E-state index contributed by atoms with van der Waals surface area (Å²) in [6.07, 6.45) is 1.39. The van der Waals surface area contributed by atoms with Gasteiger partial charge in [-0.05, 0) is 19.1 Å². The minimum absolute atomic E-state index is 0.0178. The monoisotopic (exact) mass is 281 g/mol. The summed E-state index contributed by atoms with van der Waals surface area (Å²) in [5.74, 6) is -0.574. The molecule has 0 aliphatic rings. The van der Waals surface area contributed by atoms with Gasteiger partial charge in [0.15, 0.2) is 0 Å². The van der Waals surface area contributed by atoms with Crippen molar-refractivity contribution in [2.24, 2.45) is 5.14 Å². The predicted molar refractivity (Wildman–Crippen MR) is 67.0 cm³/mol. The third kappa shape index (κ3) is 2.80. The fourth-order valence-corrected chi connectivity index (χ4v) is 2.20. The van der Waals surface area contributed by atoms with Crippen molar-refractivity contribution < 1.29 is 17.7 Å². The highest BCUT2D eigenvalue weighted by Crippen LogP contribution is 2.20. The highest BCUT2D eigenvalue weighted by atomic mass is 32.2. The van der Waals surface area contributed by atoms with Crippen LogP contribution in [0.25, 0.3) is 0 Å². The van der Waals surface area contributed by atoms with Crippen LogP contribution in [0.15, 0.2) is 39.9 Å². The van der Waals surface area contributed by atoms with Crippen LogP contribution in [-0.4, -0.2) is 19.5 Å². The zero-order valence-corrected chi connectivity index (χ0v) is 10.8. The fourth-order valence-electron chi connectivity index (χ4n) is 1.51. The molecule has 0 atom stereocenters. The number of rotatable bonds is 3. The standard InChI is InChI=1S/C11H11N3O4S/c1-7-6-13-18-10(7)11(15)14-8-4-2-3-5-9(8)19(12,16)17/h2-6H,1H3,(H,14,15)(H2,12,16,17). The Morgan fingerprint density at radius 2 is 2.05 bits per heavy atom. The van der Waals surface area contributed by atoms with Gasteiger partial charge in [0.1, 0.15) is 4.90 Å². The summed E-state index contributed by atoms with van der Waals surface area (Å²) in [7, 11) is -3.92. The molecule has 0 fully saturated rings. The molecule has 1 amide bonds. The lowest BCUT2D eigenvalue weighted by Crippen LogP contribution is -2.18. The van der Waals surface area contributed by atoms with Crippen molar-refractivity contribution in [1.29, 1.82) is 0 Å². The number of anilines is 1. The fraction of sp³-hybridized carbons (Fsp3) is 0.0909. The van der Waals surface area contributed by atoms with E-state index in [4.69, 9.17) is 9.66 Å². The van der Waals surface area contributed by atoms with Gasteiger partial charge in [-0.3, -0.25) is 4.79 Å². The molecule has 0 aliphatic carbocycles. The van der Waals surface area contributed by atoms with Crippen LogP contribution in [0.3, 0.4) is 0 Å². The van der Waals surface area contributed by atoms with E-state index in [1.54, 1.807) is 13.0 Å².